The zero-order valence-corrected chi connectivity index (χ0v) is 14.5. The lowest BCUT2D eigenvalue weighted by molar-refractivity contribution is -0.137. The second-order valence-electron chi connectivity index (χ2n) is 5.57. The molecule has 0 fully saturated rings. The first kappa shape index (κ1) is 19.1. The Morgan fingerprint density at radius 2 is 1.75 bits per heavy atom. The molecule has 1 aromatic heterocycles. The van der Waals surface area contributed by atoms with Crippen LogP contribution in [0.15, 0.2) is 54.7 Å². The lowest BCUT2D eigenvalue weighted by atomic mass is 10.2. The Bertz CT molecular complexity index is 995. The van der Waals surface area contributed by atoms with Crippen LogP contribution in [0.2, 0.25) is 0 Å². The molecular weight excluding hydrogens is 375 g/mol. The number of anilines is 4. The van der Waals surface area contributed by atoms with Crippen LogP contribution in [0.25, 0.3) is 0 Å². The van der Waals surface area contributed by atoms with Gasteiger partial charge in [-0.25, -0.2) is 4.79 Å². The molecule has 0 saturated heterocycles. The van der Waals surface area contributed by atoms with Crippen molar-refractivity contribution in [3.63, 3.8) is 0 Å². The molecule has 3 aromatic rings. The minimum atomic E-state index is -4.45. The molecule has 7 nitrogen and oxygen atoms in total. The third kappa shape index (κ3) is 4.72. The Kier molecular flexibility index (Phi) is 5.39. The van der Waals surface area contributed by atoms with E-state index < -0.39 is 17.7 Å². The lowest BCUT2D eigenvalue weighted by Gasteiger charge is -2.11. The van der Waals surface area contributed by atoms with Crippen molar-refractivity contribution in [2.45, 2.75) is 6.18 Å². The molecule has 1 heterocycles. The molecular formula is C18H14F3N5O2. The van der Waals surface area contributed by atoms with Crippen molar-refractivity contribution in [3.05, 3.63) is 65.9 Å². The first-order chi connectivity index (χ1) is 13.3. The Morgan fingerprint density at radius 3 is 2.46 bits per heavy atom. The smallest absolute Gasteiger partial charge is 0.416 e. The molecule has 144 valence electrons. The number of carbonyl (C=O) groups is 1. The average Bonchev–Trinajstić information content (AvgIpc) is 2.67. The van der Waals surface area contributed by atoms with Gasteiger partial charge < -0.3 is 15.4 Å². The molecule has 0 amide bonds. The third-order valence-electron chi connectivity index (χ3n) is 3.56. The van der Waals surface area contributed by atoms with Gasteiger partial charge >= 0.3 is 12.1 Å². The molecule has 10 heteroatoms. The highest BCUT2D eigenvalue weighted by atomic mass is 19.4. The number of halogens is 3. The Balaban J connectivity index is 1.77. The summed E-state index contributed by atoms with van der Waals surface area (Å²) in [4.78, 5) is 15.7. The maximum atomic E-state index is 12.8. The lowest BCUT2D eigenvalue weighted by Crippen LogP contribution is -2.06. The molecule has 0 aliphatic carbocycles. The number of hydrogen-bond acceptors (Lipinski definition) is 7. The normalized spacial score (nSPS) is 11.0. The number of methoxy groups -OCH3 is 1. The minimum absolute atomic E-state index is 0.0963. The summed E-state index contributed by atoms with van der Waals surface area (Å²) in [5, 5.41) is 13.2. The number of aromatic nitrogens is 3. The molecule has 3 rings (SSSR count). The largest absolute Gasteiger partial charge is 0.465 e. The van der Waals surface area contributed by atoms with Gasteiger partial charge in [0.25, 0.3) is 0 Å². The van der Waals surface area contributed by atoms with E-state index in [1.54, 1.807) is 24.3 Å². The van der Waals surface area contributed by atoms with Gasteiger partial charge in [-0.05, 0) is 36.4 Å². The van der Waals surface area contributed by atoms with Crippen molar-refractivity contribution < 1.29 is 22.7 Å². The third-order valence-corrected chi connectivity index (χ3v) is 3.56. The van der Waals surface area contributed by atoms with Crippen LogP contribution in [0.5, 0.6) is 0 Å². The molecule has 0 unspecified atom stereocenters. The van der Waals surface area contributed by atoms with Gasteiger partial charge in [0.05, 0.1) is 24.4 Å². The van der Waals surface area contributed by atoms with Crippen molar-refractivity contribution in [2.24, 2.45) is 0 Å². The van der Waals surface area contributed by atoms with Crippen molar-refractivity contribution >= 4 is 29.1 Å². The van der Waals surface area contributed by atoms with E-state index >= 15 is 0 Å². The number of ether oxygens (including phenoxy) is 1. The summed E-state index contributed by atoms with van der Waals surface area (Å²) < 4.78 is 43.1. The van der Waals surface area contributed by atoms with Gasteiger partial charge in [0.1, 0.15) is 0 Å². The molecule has 0 bridgehead atoms. The molecule has 0 aliphatic rings. The highest BCUT2D eigenvalue weighted by Gasteiger charge is 2.30. The number of nitrogens with zero attached hydrogens (tertiary/aromatic N) is 3. The van der Waals surface area contributed by atoms with E-state index in [1.165, 1.54) is 25.4 Å². The molecule has 0 spiro atoms. The van der Waals surface area contributed by atoms with Crippen LogP contribution in [0, 0.1) is 0 Å². The summed E-state index contributed by atoms with van der Waals surface area (Å²) in [6.07, 6.45) is -3.17. The number of rotatable bonds is 5. The van der Waals surface area contributed by atoms with Gasteiger partial charge in [0.2, 0.25) is 5.95 Å². The van der Waals surface area contributed by atoms with E-state index in [4.69, 9.17) is 0 Å². The molecule has 0 aliphatic heterocycles. The van der Waals surface area contributed by atoms with Crippen LogP contribution in [-0.4, -0.2) is 28.3 Å². The minimum Gasteiger partial charge on any atom is -0.465 e. The van der Waals surface area contributed by atoms with Crippen molar-refractivity contribution in [2.75, 3.05) is 17.7 Å². The Hall–Kier alpha value is -3.69. The van der Waals surface area contributed by atoms with E-state index in [1.807, 2.05) is 0 Å². The quantitative estimate of drug-likeness (QED) is 0.633. The number of esters is 1. The van der Waals surface area contributed by atoms with Crippen molar-refractivity contribution in [1.29, 1.82) is 0 Å². The first-order valence-electron chi connectivity index (χ1n) is 7.94. The second kappa shape index (κ2) is 7.91. The summed E-state index contributed by atoms with van der Waals surface area (Å²) >= 11 is 0. The number of benzene rings is 2. The van der Waals surface area contributed by atoms with Crippen LogP contribution in [0.1, 0.15) is 15.9 Å². The summed E-state index contributed by atoms with van der Waals surface area (Å²) in [6.45, 7) is 0. The van der Waals surface area contributed by atoms with Crippen LogP contribution >= 0.6 is 0 Å². The maximum absolute atomic E-state index is 12.8. The number of nitrogens with one attached hydrogen (secondary N) is 2. The zero-order chi connectivity index (χ0) is 20.1. The standard InChI is InChI=1S/C18H14F3N5O2/c1-28-16(27)11-4-2-6-13(8-11)24-17-25-15(10-22-26-17)23-14-7-3-5-12(9-14)18(19,20)21/h2-10H,1H3,(H2,23,24,25,26). The van der Waals surface area contributed by atoms with Crippen molar-refractivity contribution in [3.8, 4) is 0 Å². The van der Waals surface area contributed by atoms with Crippen LogP contribution in [-0.2, 0) is 10.9 Å². The highest BCUT2D eigenvalue weighted by molar-refractivity contribution is 5.90. The average molecular weight is 389 g/mol. The zero-order valence-electron chi connectivity index (χ0n) is 14.5. The van der Waals surface area contributed by atoms with Gasteiger partial charge in [-0.2, -0.15) is 23.3 Å². The van der Waals surface area contributed by atoms with Gasteiger partial charge in [0.15, 0.2) is 5.82 Å². The second-order valence-corrected chi connectivity index (χ2v) is 5.57. The van der Waals surface area contributed by atoms with E-state index in [0.29, 0.717) is 11.3 Å². The van der Waals surface area contributed by atoms with Gasteiger partial charge in [0, 0.05) is 11.4 Å². The summed E-state index contributed by atoms with van der Waals surface area (Å²) in [7, 11) is 1.28. The molecule has 2 N–H and O–H groups in total. The Morgan fingerprint density at radius 1 is 1.04 bits per heavy atom. The van der Waals surface area contributed by atoms with Gasteiger partial charge in [-0.1, -0.05) is 12.1 Å². The SMILES string of the molecule is COC(=O)c1cccc(Nc2nncc(Nc3cccc(C(F)(F)F)c3)n2)c1. The molecule has 28 heavy (non-hydrogen) atoms. The molecule has 0 saturated carbocycles. The monoisotopic (exact) mass is 389 g/mol. The van der Waals surface area contributed by atoms with Crippen LogP contribution in [0.4, 0.5) is 36.3 Å². The fraction of sp³-hybridized carbons (Fsp3) is 0.111. The van der Waals surface area contributed by atoms with E-state index in [0.717, 1.165) is 12.1 Å². The topological polar surface area (TPSA) is 89.0 Å². The summed E-state index contributed by atoms with van der Waals surface area (Å²) in [5.41, 5.74) is 0.270. The fourth-order valence-electron chi connectivity index (χ4n) is 2.31. The van der Waals surface area contributed by atoms with Gasteiger partial charge in [-0.3, -0.25) is 0 Å². The highest BCUT2D eigenvalue weighted by Crippen LogP contribution is 2.31. The van der Waals surface area contributed by atoms with E-state index in [-0.39, 0.29) is 17.5 Å². The number of alkyl halides is 3. The van der Waals surface area contributed by atoms with E-state index in [9.17, 15) is 18.0 Å². The van der Waals surface area contributed by atoms with E-state index in [2.05, 4.69) is 30.6 Å². The van der Waals surface area contributed by atoms with Crippen LogP contribution in [0.3, 0.4) is 0 Å². The molecule has 2 aromatic carbocycles. The fourth-order valence-corrected chi connectivity index (χ4v) is 2.31. The number of hydrogen-bond donors (Lipinski definition) is 2. The predicted molar refractivity (Wildman–Crippen MR) is 95.6 cm³/mol. The first-order valence-corrected chi connectivity index (χ1v) is 7.94. The summed E-state index contributed by atoms with van der Waals surface area (Å²) in [6, 6.07) is 11.2. The Labute approximate surface area is 157 Å². The molecule has 0 atom stereocenters. The maximum Gasteiger partial charge on any atom is 0.416 e. The predicted octanol–water partition coefficient (Wildman–Crippen LogP) is 4.16. The molecule has 0 radical (unpaired) electrons. The van der Waals surface area contributed by atoms with Crippen LogP contribution < -0.4 is 10.6 Å². The van der Waals surface area contributed by atoms with Gasteiger partial charge in [-0.15, -0.1) is 5.10 Å². The number of carbonyl (C=O) groups excluding carboxylic acids is 1. The van der Waals surface area contributed by atoms with Crippen molar-refractivity contribution in [1.82, 2.24) is 15.2 Å². The summed E-state index contributed by atoms with van der Waals surface area (Å²) in [5.74, 6) is -0.206.